The first-order valence-corrected chi connectivity index (χ1v) is 6.21. The molecule has 0 fully saturated rings. The van der Waals surface area contributed by atoms with Gasteiger partial charge in [0.05, 0.1) is 6.61 Å². The lowest BCUT2D eigenvalue weighted by molar-refractivity contribution is -0.143. The zero-order valence-electron chi connectivity index (χ0n) is 9.13. The molecule has 0 aromatic carbocycles. The molecule has 0 spiro atoms. The minimum absolute atomic E-state index is 0.0377. The van der Waals surface area contributed by atoms with Crippen molar-refractivity contribution in [2.24, 2.45) is 0 Å². The molecule has 0 saturated heterocycles. The molecule has 3 heteroatoms. The lowest BCUT2D eigenvalue weighted by atomic mass is 10.1. The average Bonchev–Trinajstić information content (AvgIpc) is 2.18. The van der Waals surface area contributed by atoms with Crippen LogP contribution in [0.1, 0.15) is 51.9 Å². The van der Waals surface area contributed by atoms with Crippen molar-refractivity contribution in [2.75, 3.05) is 12.4 Å². The normalized spacial score (nSPS) is 10.1. The number of hydrogen-bond acceptors (Lipinski definition) is 3. The van der Waals surface area contributed by atoms with Crippen LogP contribution in [0.15, 0.2) is 0 Å². The van der Waals surface area contributed by atoms with Crippen LogP contribution in [-0.2, 0) is 9.53 Å². The number of esters is 1. The smallest absolute Gasteiger partial charge is 0.305 e. The lowest BCUT2D eigenvalue weighted by Gasteiger charge is -2.03. The summed E-state index contributed by atoms with van der Waals surface area (Å²) in [6, 6.07) is 0. The monoisotopic (exact) mass is 218 g/mol. The van der Waals surface area contributed by atoms with Crippen LogP contribution in [0.4, 0.5) is 0 Å². The van der Waals surface area contributed by atoms with E-state index in [1.54, 1.807) is 0 Å². The van der Waals surface area contributed by atoms with Crippen LogP contribution >= 0.6 is 12.6 Å². The van der Waals surface area contributed by atoms with Gasteiger partial charge in [-0.1, -0.05) is 26.2 Å². The van der Waals surface area contributed by atoms with Gasteiger partial charge in [0.2, 0.25) is 0 Å². The topological polar surface area (TPSA) is 26.3 Å². The minimum Gasteiger partial charge on any atom is -0.466 e. The molecule has 0 radical (unpaired) electrons. The molecule has 84 valence electrons. The predicted molar refractivity (Wildman–Crippen MR) is 62.8 cm³/mol. The summed E-state index contributed by atoms with van der Waals surface area (Å²) in [4.78, 5) is 11.1. The molecular weight excluding hydrogens is 196 g/mol. The van der Waals surface area contributed by atoms with E-state index < -0.39 is 0 Å². The Morgan fingerprint density at radius 2 is 1.86 bits per heavy atom. The third-order valence-corrected chi connectivity index (χ3v) is 2.37. The Morgan fingerprint density at radius 3 is 2.50 bits per heavy atom. The molecule has 0 unspecified atom stereocenters. The maximum absolute atomic E-state index is 11.1. The van der Waals surface area contributed by atoms with Crippen molar-refractivity contribution in [3.8, 4) is 0 Å². The van der Waals surface area contributed by atoms with Crippen LogP contribution in [0, 0.1) is 0 Å². The second-order valence-corrected chi connectivity index (χ2v) is 3.91. The van der Waals surface area contributed by atoms with E-state index in [2.05, 4.69) is 19.6 Å². The highest BCUT2D eigenvalue weighted by molar-refractivity contribution is 7.80. The van der Waals surface area contributed by atoms with Crippen molar-refractivity contribution in [3.63, 3.8) is 0 Å². The van der Waals surface area contributed by atoms with E-state index in [0.717, 1.165) is 37.9 Å². The van der Waals surface area contributed by atoms with Crippen molar-refractivity contribution in [1.29, 1.82) is 0 Å². The summed E-state index contributed by atoms with van der Waals surface area (Å²) in [5.41, 5.74) is 0. The molecule has 0 aromatic rings. The molecule has 14 heavy (non-hydrogen) atoms. The van der Waals surface area contributed by atoms with Gasteiger partial charge >= 0.3 is 5.97 Å². The van der Waals surface area contributed by atoms with Gasteiger partial charge in [-0.15, -0.1) is 0 Å². The number of carbonyl (C=O) groups is 1. The SMILES string of the molecule is CCCCOC(=O)CCCCCCS. The molecule has 0 N–H and O–H groups in total. The third kappa shape index (κ3) is 9.90. The van der Waals surface area contributed by atoms with Gasteiger partial charge in [-0.25, -0.2) is 0 Å². The first-order chi connectivity index (χ1) is 6.81. The molecule has 0 aromatic heterocycles. The van der Waals surface area contributed by atoms with Crippen LogP contribution in [0.5, 0.6) is 0 Å². The van der Waals surface area contributed by atoms with Gasteiger partial charge in [0.15, 0.2) is 0 Å². The maximum Gasteiger partial charge on any atom is 0.305 e. The number of thiol groups is 1. The Morgan fingerprint density at radius 1 is 1.14 bits per heavy atom. The Bertz CT molecular complexity index is 137. The van der Waals surface area contributed by atoms with Gasteiger partial charge in [0.1, 0.15) is 0 Å². The van der Waals surface area contributed by atoms with E-state index in [0.29, 0.717) is 13.0 Å². The van der Waals surface area contributed by atoms with E-state index in [1.165, 1.54) is 6.42 Å². The molecule has 0 atom stereocenters. The lowest BCUT2D eigenvalue weighted by Crippen LogP contribution is -2.05. The van der Waals surface area contributed by atoms with Crippen molar-refractivity contribution >= 4 is 18.6 Å². The van der Waals surface area contributed by atoms with Gasteiger partial charge in [-0.05, 0) is 25.0 Å². The van der Waals surface area contributed by atoms with Gasteiger partial charge in [-0.3, -0.25) is 4.79 Å². The zero-order chi connectivity index (χ0) is 10.6. The Balaban J connectivity index is 3.10. The van der Waals surface area contributed by atoms with Gasteiger partial charge < -0.3 is 4.74 Å². The highest BCUT2D eigenvalue weighted by Crippen LogP contribution is 2.05. The molecular formula is C11H22O2S. The van der Waals surface area contributed by atoms with Gasteiger partial charge in [0, 0.05) is 6.42 Å². The zero-order valence-corrected chi connectivity index (χ0v) is 10.0. The number of hydrogen-bond donors (Lipinski definition) is 1. The molecule has 0 aliphatic rings. The van der Waals surface area contributed by atoms with Crippen molar-refractivity contribution in [3.05, 3.63) is 0 Å². The quantitative estimate of drug-likeness (QED) is 0.365. The summed E-state index contributed by atoms with van der Waals surface area (Å²) in [7, 11) is 0. The van der Waals surface area contributed by atoms with Crippen LogP contribution in [0.25, 0.3) is 0 Å². The van der Waals surface area contributed by atoms with Crippen LogP contribution in [-0.4, -0.2) is 18.3 Å². The minimum atomic E-state index is -0.0377. The Hall–Kier alpha value is -0.180. The highest BCUT2D eigenvalue weighted by Gasteiger charge is 2.01. The largest absolute Gasteiger partial charge is 0.466 e. The van der Waals surface area contributed by atoms with E-state index >= 15 is 0 Å². The standard InChI is InChI=1S/C11H22O2S/c1-2-3-9-13-11(12)8-6-4-5-7-10-14/h14H,2-10H2,1H3. The average molecular weight is 218 g/mol. The summed E-state index contributed by atoms with van der Waals surface area (Å²) in [5, 5.41) is 0. The van der Waals surface area contributed by atoms with Crippen molar-refractivity contribution < 1.29 is 9.53 Å². The fourth-order valence-electron chi connectivity index (χ4n) is 1.14. The summed E-state index contributed by atoms with van der Waals surface area (Å²) in [6.45, 7) is 2.68. The molecule has 0 rings (SSSR count). The van der Waals surface area contributed by atoms with Gasteiger partial charge in [-0.2, -0.15) is 12.6 Å². The van der Waals surface area contributed by atoms with Gasteiger partial charge in [0.25, 0.3) is 0 Å². The number of unbranched alkanes of at least 4 members (excludes halogenated alkanes) is 4. The van der Waals surface area contributed by atoms with Crippen LogP contribution in [0.2, 0.25) is 0 Å². The van der Waals surface area contributed by atoms with Crippen molar-refractivity contribution in [2.45, 2.75) is 51.9 Å². The molecule has 0 aliphatic carbocycles. The summed E-state index contributed by atoms with van der Waals surface area (Å²) < 4.78 is 5.03. The fourth-order valence-corrected chi connectivity index (χ4v) is 1.36. The number of ether oxygens (including phenoxy) is 1. The molecule has 2 nitrogen and oxygen atoms in total. The molecule has 0 bridgehead atoms. The summed E-state index contributed by atoms with van der Waals surface area (Å²) >= 11 is 4.13. The van der Waals surface area contributed by atoms with Crippen LogP contribution < -0.4 is 0 Å². The Labute approximate surface area is 92.8 Å². The number of carbonyl (C=O) groups excluding carboxylic acids is 1. The summed E-state index contributed by atoms with van der Waals surface area (Å²) in [6.07, 6.45) is 7.03. The molecule has 0 heterocycles. The molecule has 0 aliphatic heterocycles. The molecule has 0 saturated carbocycles. The number of rotatable bonds is 9. The maximum atomic E-state index is 11.1. The van der Waals surface area contributed by atoms with Crippen molar-refractivity contribution in [1.82, 2.24) is 0 Å². The van der Waals surface area contributed by atoms with E-state index in [-0.39, 0.29) is 5.97 Å². The fraction of sp³-hybridized carbons (Fsp3) is 0.909. The second-order valence-electron chi connectivity index (χ2n) is 3.46. The highest BCUT2D eigenvalue weighted by atomic mass is 32.1. The van der Waals surface area contributed by atoms with E-state index in [1.807, 2.05) is 0 Å². The second kappa shape index (κ2) is 10.9. The summed E-state index contributed by atoms with van der Waals surface area (Å²) in [5.74, 6) is 0.908. The van der Waals surface area contributed by atoms with Crippen LogP contribution in [0.3, 0.4) is 0 Å². The predicted octanol–water partition coefficient (Wildman–Crippen LogP) is 3.21. The Kier molecular flexibility index (Phi) is 10.8. The van der Waals surface area contributed by atoms with E-state index in [4.69, 9.17) is 4.74 Å². The molecule has 0 amide bonds. The third-order valence-electron chi connectivity index (χ3n) is 2.05. The first kappa shape index (κ1) is 13.8. The first-order valence-electron chi connectivity index (χ1n) is 5.57. The van der Waals surface area contributed by atoms with E-state index in [9.17, 15) is 4.79 Å².